The summed E-state index contributed by atoms with van der Waals surface area (Å²) in [6.45, 7) is 1.78. The van der Waals surface area contributed by atoms with Gasteiger partial charge in [0.15, 0.2) is 6.29 Å². The summed E-state index contributed by atoms with van der Waals surface area (Å²) in [7, 11) is 0. The minimum atomic E-state index is -1.41. The van der Waals surface area contributed by atoms with Gasteiger partial charge in [-0.2, -0.15) is 0 Å². The predicted molar refractivity (Wildman–Crippen MR) is 149 cm³/mol. The number of hydrogen-bond acceptors (Lipinski definition) is 11. The molecular formula is C30H35FO10S. The molecule has 2 unspecified atom stereocenters. The summed E-state index contributed by atoms with van der Waals surface area (Å²) in [4.78, 5) is 2.19. The van der Waals surface area contributed by atoms with Gasteiger partial charge in [0.25, 0.3) is 0 Å². The van der Waals surface area contributed by atoms with E-state index in [1.54, 1.807) is 23.5 Å². The molecule has 0 aliphatic carbocycles. The molecule has 3 aliphatic rings. The van der Waals surface area contributed by atoms with Crippen molar-refractivity contribution in [3.63, 3.8) is 0 Å². The minimum Gasteiger partial charge on any atom is -0.394 e. The molecule has 2 aromatic carbocycles. The number of benzene rings is 2. The van der Waals surface area contributed by atoms with E-state index in [-0.39, 0.29) is 12.4 Å². The van der Waals surface area contributed by atoms with Crippen molar-refractivity contribution in [2.75, 3.05) is 13.2 Å². The first-order valence-electron chi connectivity index (χ1n) is 13.6. The van der Waals surface area contributed by atoms with Gasteiger partial charge >= 0.3 is 0 Å². The van der Waals surface area contributed by atoms with Crippen LogP contribution in [0.1, 0.15) is 27.7 Å². The lowest BCUT2D eigenvalue weighted by Gasteiger charge is -2.40. The van der Waals surface area contributed by atoms with E-state index >= 15 is 0 Å². The van der Waals surface area contributed by atoms with Gasteiger partial charge < -0.3 is 50.0 Å². The van der Waals surface area contributed by atoms with Crippen molar-refractivity contribution in [1.82, 2.24) is 0 Å². The van der Waals surface area contributed by atoms with Gasteiger partial charge in [-0.15, -0.1) is 11.3 Å². The molecule has 10 nitrogen and oxygen atoms in total. The Morgan fingerprint density at radius 3 is 2.24 bits per heavy atom. The third-order valence-electron chi connectivity index (χ3n) is 7.84. The molecule has 3 saturated heterocycles. The Balaban J connectivity index is 0.000000267. The van der Waals surface area contributed by atoms with E-state index < -0.39 is 67.8 Å². The summed E-state index contributed by atoms with van der Waals surface area (Å²) in [5, 5.41) is 67.5. The monoisotopic (exact) mass is 606 g/mol. The average Bonchev–Trinajstić information content (AvgIpc) is 3.65. The molecule has 1 aromatic heterocycles. The van der Waals surface area contributed by atoms with Crippen molar-refractivity contribution >= 4 is 11.3 Å². The van der Waals surface area contributed by atoms with Crippen LogP contribution >= 0.6 is 11.3 Å². The standard InChI is InChI=1S/C24H25FO5S.C6H10O5/c1-13-2-3-15(24-23(29)22(28)21(27)19(12-26)30-24)10-16(13)11-18-8-9-20(31-18)14-4-6-17(25)7-5-14;7-3-2-1-10-6(11-2)5(9)4(3)8/h2-10,19,21-24,26-29H,11-12H2,1H3;2-9H,1H2/t19-,21-,22+,23-,24+;2-,3?,4+,5?,6-/m11/s1. The number of aliphatic hydroxyl groups is 7. The number of hydrogen-bond donors (Lipinski definition) is 7. The zero-order valence-corrected chi connectivity index (χ0v) is 23.5. The van der Waals surface area contributed by atoms with Crippen LogP contribution in [-0.2, 0) is 20.6 Å². The Kier molecular flexibility index (Phi) is 9.72. The molecule has 7 N–H and O–H groups in total. The van der Waals surface area contributed by atoms with Gasteiger partial charge in [-0.3, -0.25) is 0 Å². The molecule has 42 heavy (non-hydrogen) atoms. The molecule has 0 spiro atoms. The SMILES string of the molecule is Cc1ccc([C@@H]2O[C@H](CO)[C@@H](O)[C@H](O)[C@H]2O)cc1Cc1ccc(-c2ccc(F)cc2)s1.OC1[C@@H]2OC[C@@H](O2)C(O)[C@@H]1O. The number of aryl methyl sites for hydroxylation is 1. The summed E-state index contributed by atoms with van der Waals surface area (Å²) in [6.07, 6.45) is -9.79. The lowest BCUT2D eigenvalue weighted by molar-refractivity contribution is -0.231. The molecule has 228 valence electrons. The maximum atomic E-state index is 13.2. The van der Waals surface area contributed by atoms with Crippen LogP contribution in [0.5, 0.6) is 0 Å². The topological polar surface area (TPSA) is 169 Å². The van der Waals surface area contributed by atoms with Crippen LogP contribution in [0.2, 0.25) is 0 Å². The lowest BCUT2D eigenvalue weighted by Crippen LogP contribution is -2.55. The Hall–Kier alpha value is -2.33. The molecule has 0 amide bonds. The van der Waals surface area contributed by atoms with E-state index in [0.29, 0.717) is 12.0 Å². The van der Waals surface area contributed by atoms with Crippen molar-refractivity contribution in [3.8, 4) is 10.4 Å². The maximum absolute atomic E-state index is 13.2. The first-order chi connectivity index (χ1) is 20.1. The molecule has 3 aliphatic heterocycles. The zero-order valence-electron chi connectivity index (χ0n) is 22.7. The molecule has 2 bridgehead atoms. The highest BCUT2D eigenvalue weighted by atomic mass is 32.1. The Morgan fingerprint density at radius 2 is 1.52 bits per heavy atom. The third-order valence-corrected chi connectivity index (χ3v) is 8.98. The normalized spacial score (nSPS) is 34.1. The third kappa shape index (κ3) is 6.44. The Bertz CT molecular complexity index is 1310. The van der Waals surface area contributed by atoms with Crippen LogP contribution in [0.4, 0.5) is 4.39 Å². The zero-order chi connectivity index (χ0) is 30.1. The van der Waals surface area contributed by atoms with Gasteiger partial charge in [0.2, 0.25) is 0 Å². The van der Waals surface area contributed by atoms with Crippen molar-refractivity contribution in [3.05, 3.63) is 82.0 Å². The quantitative estimate of drug-likeness (QED) is 0.221. The molecule has 12 heteroatoms. The molecule has 0 saturated carbocycles. The second kappa shape index (κ2) is 13.1. The number of ether oxygens (including phenoxy) is 3. The molecular weight excluding hydrogens is 571 g/mol. The first kappa shape index (κ1) is 31.1. The molecule has 4 heterocycles. The van der Waals surface area contributed by atoms with Crippen LogP contribution in [0.25, 0.3) is 10.4 Å². The Labute approximate surface area is 245 Å². The first-order valence-corrected chi connectivity index (χ1v) is 14.4. The highest BCUT2D eigenvalue weighted by Gasteiger charge is 2.48. The highest BCUT2D eigenvalue weighted by molar-refractivity contribution is 7.15. The van der Waals surface area contributed by atoms with Crippen LogP contribution in [0.15, 0.2) is 54.6 Å². The summed E-state index contributed by atoms with van der Waals surface area (Å²) in [5.41, 5.74) is 3.75. The number of rotatable bonds is 5. The molecule has 10 atom stereocenters. The maximum Gasteiger partial charge on any atom is 0.186 e. The fourth-order valence-corrected chi connectivity index (χ4v) is 6.28. The summed E-state index contributed by atoms with van der Waals surface area (Å²) in [5.74, 6) is -0.263. The second-order valence-corrected chi connectivity index (χ2v) is 11.9. The van der Waals surface area contributed by atoms with Crippen LogP contribution in [0, 0.1) is 12.7 Å². The van der Waals surface area contributed by atoms with Gasteiger partial charge in [-0.1, -0.05) is 30.3 Å². The van der Waals surface area contributed by atoms with Crippen molar-refractivity contribution in [1.29, 1.82) is 0 Å². The number of thiophene rings is 1. The van der Waals surface area contributed by atoms with E-state index in [1.165, 1.54) is 12.1 Å². The van der Waals surface area contributed by atoms with Gasteiger partial charge in [0, 0.05) is 16.2 Å². The van der Waals surface area contributed by atoms with E-state index in [9.17, 15) is 35.0 Å². The number of halogens is 1. The molecule has 3 aromatic rings. The highest BCUT2D eigenvalue weighted by Crippen LogP contribution is 2.35. The van der Waals surface area contributed by atoms with Crippen LogP contribution < -0.4 is 0 Å². The Morgan fingerprint density at radius 1 is 0.810 bits per heavy atom. The van der Waals surface area contributed by atoms with Gasteiger partial charge in [-0.25, -0.2) is 4.39 Å². The molecule has 3 fully saturated rings. The smallest absolute Gasteiger partial charge is 0.186 e. The lowest BCUT2D eigenvalue weighted by atomic mass is 9.89. The number of aliphatic hydroxyl groups excluding tert-OH is 7. The van der Waals surface area contributed by atoms with E-state index in [0.717, 1.165) is 26.4 Å². The van der Waals surface area contributed by atoms with Crippen LogP contribution in [0.3, 0.4) is 0 Å². The van der Waals surface area contributed by atoms with E-state index in [2.05, 4.69) is 0 Å². The minimum absolute atomic E-state index is 0.236. The van der Waals surface area contributed by atoms with Gasteiger partial charge in [0.1, 0.15) is 60.8 Å². The molecule has 0 radical (unpaired) electrons. The van der Waals surface area contributed by atoms with Crippen molar-refractivity contribution < 1.29 is 54.3 Å². The summed E-state index contributed by atoms with van der Waals surface area (Å²) >= 11 is 1.63. The van der Waals surface area contributed by atoms with Crippen molar-refractivity contribution in [2.24, 2.45) is 0 Å². The summed E-state index contributed by atoms with van der Waals surface area (Å²) < 4.78 is 28.8. The van der Waals surface area contributed by atoms with E-state index in [1.807, 2.05) is 37.3 Å². The van der Waals surface area contributed by atoms with Gasteiger partial charge in [0.05, 0.1) is 13.2 Å². The molecule has 6 rings (SSSR count). The predicted octanol–water partition coefficient (Wildman–Crippen LogP) is 0.793. The second-order valence-electron chi connectivity index (χ2n) is 10.7. The van der Waals surface area contributed by atoms with Crippen LogP contribution in [-0.4, -0.2) is 104 Å². The fraction of sp³-hybridized carbons (Fsp3) is 0.467. The van der Waals surface area contributed by atoms with E-state index in [4.69, 9.17) is 19.3 Å². The largest absolute Gasteiger partial charge is 0.394 e. The van der Waals surface area contributed by atoms with Crippen molar-refractivity contribution in [2.45, 2.75) is 74.6 Å². The fourth-order valence-electron chi connectivity index (χ4n) is 5.25. The summed E-state index contributed by atoms with van der Waals surface area (Å²) in [6, 6.07) is 16.2. The average molecular weight is 607 g/mol. The van der Waals surface area contributed by atoms with Gasteiger partial charge in [-0.05, 0) is 53.4 Å². The number of fused-ring (bicyclic) bond motifs is 2.